The van der Waals surface area contributed by atoms with Crippen molar-refractivity contribution in [1.29, 1.82) is 0 Å². The van der Waals surface area contributed by atoms with E-state index in [1.54, 1.807) is 24.3 Å². The van der Waals surface area contributed by atoms with Gasteiger partial charge < -0.3 is 10.2 Å². The summed E-state index contributed by atoms with van der Waals surface area (Å²) in [4.78, 5) is 44.2. The van der Waals surface area contributed by atoms with Crippen molar-refractivity contribution in [1.82, 2.24) is 10.2 Å². The molecule has 0 saturated heterocycles. The number of carbonyl (C=O) groups excluding carboxylic acids is 3. The lowest BCUT2D eigenvalue weighted by molar-refractivity contribution is -0.140. The molecule has 0 saturated carbocycles. The molecule has 0 fully saturated rings. The zero-order valence-corrected chi connectivity index (χ0v) is 22.6. The first kappa shape index (κ1) is 27.1. The van der Waals surface area contributed by atoms with Gasteiger partial charge >= 0.3 is 0 Å². The van der Waals surface area contributed by atoms with Crippen molar-refractivity contribution in [2.45, 2.75) is 45.3 Å². The highest BCUT2D eigenvalue weighted by Gasteiger charge is 2.36. The van der Waals surface area contributed by atoms with Crippen molar-refractivity contribution in [3.63, 3.8) is 0 Å². The molecule has 4 aromatic rings. The predicted molar refractivity (Wildman–Crippen MR) is 154 cm³/mol. The van der Waals surface area contributed by atoms with Gasteiger partial charge in [-0.05, 0) is 42.5 Å². The molecular formula is C33H32FN3O3. The van der Waals surface area contributed by atoms with Crippen LogP contribution in [0.3, 0.4) is 0 Å². The molecule has 204 valence electrons. The topological polar surface area (TPSA) is 69.7 Å². The number of hydrogen-bond donors (Lipinski definition) is 1. The summed E-state index contributed by atoms with van der Waals surface area (Å²) < 4.78 is 14.9. The minimum Gasteiger partial charge on any atom is -0.352 e. The lowest BCUT2D eigenvalue weighted by atomic mass is 10.0. The number of rotatable bonds is 10. The Morgan fingerprint density at radius 1 is 0.925 bits per heavy atom. The first-order valence-corrected chi connectivity index (χ1v) is 13.6. The van der Waals surface area contributed by atoms with Crippen LogP contribution in [-0.2, 0) is 22.6 Å². The second-order valence-electron chi connectivity index (χ2n) is 10.2. The van der Waals surface area contributed by atoms with Crippen LogP contribution in [-0.4, -0.2) is 41.2 Å². The van der Waals surface area contributed by atoms with Crippen molar-refractivity contribution >= 4 is 34.2 Å². The zero-order valence-electron chi connectivity index (χ0n) is 22.6. The molecule has 3 amide bonds. The second kappa shape index (κ2) is 11.7. The summed E-state index contributed by atoms with van der Waals surface area (Å²) in [6.45, 7) is 3.48. The number of nitrogens with zero attached hydrogens (tertiary/aromatic N) is 2. The van der Waals surface area contributed by atoms with Crippen molar-refractivity contribution < 1.29 is 18.8 Å². The van der Waals surface area contributed by atoms with Gasteiger partial charge in [0.2, 0.25) is 11.8 Å². The molecule has 4 aromatic carbocycles. The zero-order chi connectivity index (χ0) is 28.2. The fraction of sp³-hybridized carbons (Fsp3) is 0.242. The SMILES string of the molecule is CC[C@H](C)NC(=O)[C@@H](Cc1ccccc1)N(Cc1ccccc1F)C(=O)CN1C(=O)c2cccc3cccc1c23. The first-order valence-electron chi connectivity index (χ1n) is 13.6. The molecule has 2 atom stereocenters. The average molecular weight is 538 g/mol. The third-order valence-electron chi connectivity index (χ3n) is 7.51. The quantitative estimate of drug-likeness (QED) is 0.291. The summed E-state index contributed by atoms with van der Waals surface area (Å²) >= 11 is 0. The molecule has 6 nitrogen and oxygen atoms in total. The number of amides is 3. The molecule has 40 heavy (non-hydrogen) atoms. The van der Waals surface area contributed by atoms with Crippen LogP contribution in [0.4, 0.5) is 10.1 Å². The van der Waals surface area contributed by atoms with Gasteiger partial charge in [0.25, 0.3) is 5.91 Å². The Balaban J connectivity index is 1.52. The van der Waals surface area contributed by atoms with Gasteiger partial charge in [0.1, 0.15) is 18.4 Å². The molecule has 5 rings (SSSR count). The molecule has 1 aliphatic rings. The fourth-order valence-electron chi connectivity index (χ4n) is 5.17. The Morgan fingerprint density at radius 3 is 2.35 bits per heavy atom. The summed E-state index contributed by atoms with van der Waals surface area (Å²) in [6, 6.07) is 25.8. The highest BCUT2D eigenvalue weighted by atomic mass is 19.1. The summed E-state index contributed by atoms with van der Waals surface area (Å²) in [5.74, 6) is -1.49. The van der Waals surface area contributed by atoms with Gasteiger partial charge in [0.05, 0.1) is 5.69 Å². The smallest absolute Gasteiger partial charge is 0.259 e. The van der Waals surface area contributed by atoms with Gasteiger partial charge in [-0.1, -0.05) is 79.7 Å². The number of carbonyl (C=O) groups is 3. The summed E-state index contributed by atoms with van der Waals surface area (Å²) in [6.07, 6.45) is 0.961. The Morgan fingerprint density at radius 2 is 1.62 bits per heavy atom. The van der Waals surface area contributed by atoms with Crippen LogP contribution in [0.25, 0.3) is 10.8 Å². The van der Waals surface area contributed by atoms with Crippen LogP contribution < -0.4 is 10.2 Å². The second-order valence-corrected chi connectivity index (χ2v) is 10.2. The Labute approximate surface area is 233 Å². The summed E-state index contributed by atoms with van der Waals surface area (Å²) in [5.41, 5.74) is 2.36. The van der Waals surface area contributed by atoms with Crippen LogP contribution in [0, 0.1) is 5.82 Å². The minimum atomic E-state index is -0.917. The third-order valence-corrected chi connectivity index (χ3v) is 7.51. The first-order chi connectivity index (χ1) is 19.4. The third kappa shape index (κ3) is 5.45. The standard InChI is InChI=1S/C33H32FN3O3/c1-3-22(2)35-32(39)29(19-23-11-5-4-6-12-23)36(20-25-13-7-8-17-27(25)34)30(38)21-37-28-18-10-15-24-14-9-16-26(31(24)28)33(37)40/h4-18,22,29H,3,19-21H2,1-2H3,(H,35,39)/t22-,29+/m0/s1. The number of nitrogens with one attached hydrogen (secondary N) is 1. The van der Waals surface area contributed by atoms with E-state index in [0.29, 0.717) is 16.8 Å². The normalized spacial score (nSPS) is 13.8. The maximum Gasteiger partial charge on any atom is 0.259 e. The molecule has 1 heterocycles. The van der Waals surface area contributed by atoms with Gasteiger partial charge in [0, 0.05) is 35.5 Å². The highest BCUT2D eigenvalue weighted by Crippen LogP contribution is 2.37. The van der Waals surface area contributed by atoms with E-state index in [2.05, 4.69) is 5.32 Å². The van der Waals surface area contributed by atoms with Crippen molar-refractivity contribution in [2.24, 2.45) is 0 Å². The average Bonchev–Trinajstić information content (AvgIpc) is 3.24. The van der Waals surface area contributed by atoms with E-state index in [1.165, 1.54) is 15.9 Å². The van der Waals surface area contributed by atoms with Crippen LogP contribution in [0.1, 0.15) is 41.8 Å². The summed E-state index contributed by atoms with van der Waals surface area (Å²) in [5, 5.41) is 4.73. The molecule has 0 spiro atoms. The van der Waals surface area contributed by atoms with Gasteiger partial charge in [0.15, 0.2) is 0 Å². The van der Waals surface area contributed by atoms with Gasteiger partial charge in [-0.15, -0.1) is 0 Å². The lowest BCUT2D eigenvalue weighted by Gasteiger charge is -2.33. The summed E-state index contributed by atoms with van der Waals surface area (Å²) in [7, 11) is 0. The monoisotopic (exact) mass is 537 g/mol. The highest BCUT2D eigenvalue weighted by molar-refractivity contribution is 6.26. The Bertz CT molecular complexity index is 1550. The molecule has 0 aliphatic carbocycles. The van der Waals surface area contributed by atoms with Crippen molar-refractivity contribution in [2.75, 3.05) is 11.4 Å². The number of anilines is 1. The number of halogens is 1. The molecule has 1 aliphatic heterocycles. The molecule has 0 unspecified atom stereocenters. The van der Waals surface area contributed by atoms with Gasteiger partial charge in [-0.25, -0.2) is 4.39 Å². The van der Waals surface area contributed by atoms with E-state index in [0.717, 1.165) is 22.8 Å². The van der Waals surface area contributed by atoms with Crippen LogP contribution in [0.2, 0.25) is 0 Å². The van der Waals surface area contributed by atoms with Gasteiger partial charge in [-0.3, -0.25) is 19.3 Å². The van der Waals surface area contributed by atoms with Crippen LogP contribution in [0.5, 0.6) is 0 Å². The molecule has 0 bridgehead atoms. The predicted octanol–water partition coefficient (Wildman–Crippen LogP) is 5.49. The maximum absolute atomic E-state index is 14.9. The fourth-order valence-corrected chi connectivity index (χ4v) is 5.17. The molecule has 7 heteroatoms. The lowest BCUT2D eigenvalue weighted by Crippen LogP contribution is -2.54. The van der Waals surface area contributed by atoms with Crippen molar-refractivity contribution in [3.8, 4) is 0 Å². The van der Waals surface area contributed by atoms with E-state index in [4.69, 9.17) is 0 Å². The molecular weight excluding hydrogens is 505 g/mol. The van der Waals surface area contributed by atoms with E-state index < -0.39 is 17.8 Å². The van der Waals surface area contributed by atoms with E-state index >= 15 is 0 Å². The van der Waals surface area contributed by atoms with Crippen LogP contribution in [0.15, 0.2) is 91.0 Å². The number of benzene rings is 4. The van der Waals surface area contributed by atoms with Crippen molar-refractivity contribution in [3.05, 3.63) is 114 Å². The molecule has 0 aromatic heterocycles. The van der Waals surface area contributed by atoms with E-state index in [1.807, 2.05) is 74.5 Å². The van der Waals surface area contributed by atoms with Gasteiger partial charge in [-0.2, -0.15) is 0 Å². The van der Waals surface area contributed by atoms with Crippen LogP contribution >= 0.6 is 0 Å². The minimum absolute atomic E-state index is 0.108. The number of hydrogen-bond acceptors (Lipinski definition) is 3. The van der Waals surface area contributed by atoms with E-state index in [-0.39, 0.29) is 37.4 Å². The Kier molecular flexibility index (Phi) is 7.91. The largest absolute Gasteiger partial charge is 0.352 e. The Hall–Kier alpha value is -4.52. The molecule has 0 radical (unpaired) electrons. The maximum atomic E-state index is 14.9. The van der Waals surface area contributed by atoms with E-state index in [9.17, 15) is 18.8 Å². The molecule has 1 N–H and O–H groups in total.